The molecule has 2 rings (SSSR count). The standard InChI is InChI=1S/C13H9NO/c14-13-8-7-10(4-3-9-15)11-5-1-2-6-12(11)13/h1-2,5-9H,14H2. The van der Waals surface area contributed by atoms with E-state index in [0.717, 1.165) is 22.0 Å². The van der Waals surface area contributed by atoms with Gasteiger partial charge in [0, 0.05) is 16.6 Å². The smallest absolute Gasteiger partial charge is 0.193 e. The number of anilines is 1. The molecule has 0 bridgehead atoms. The van der Waals surface area contributed by atoms with Crippen LogP contribution in [0.15, 0.2) is 36.4 Å². The molecule has 0 atom stereocenters. The van der Waals surface area contributed by atoms with Crippen LogP contribution < -0.4 is 5.73 Å². The number of carbonyl (C=O) groups is 1. The van der Waals surface area contributed by atoms with Gasteiger partial charge in [-0.3, -0.25) is 4.79 Å². The Labute approximate surface area is 87.7 Å². The fraction of sp³-hybridized carbons (Fsp3) is 0. The molecule has 2 heteroatoms. The molecule has 2 aromatic carbocycles. The molecule has 0 aromatic heterocycles. The summed E-state index contributed by atoms with van der Waals surface area (Å²) in [5.74, 6) is 5.20. The summed E-state index contributed by atoms with van der Waals surface area (Å²) in [6.07, 6.45) is 0.588. The Hall–Kier alpha value is -2.27. The molecule has 0 saturated carbocycles. The second-order valence-corrected chi connectivity index (χ2v) is 3.14. The molecular weight excluding hydrogens is 186 g/mol. The molecular formula is C13H9NO. The first kappa shape index (κ1) is 9.29. The lowest BCUT2D eigenvalue weighted by molar-refractivity contribution is -0.103. The van der Waals surface area contributed by atoms with Crippen LogP contribution in [0.3, 0.4) is 0 Å². The van der Waals surface area contributed by atoms with Crippen molar-refractivity contribution in [1.82, 2.24) is 0 Å². The minimum Gasteiger partial charge on any atom is -0.398 e. The molecule has 0 aliphatic carbocycles. The van der Waals surface area contributed by atoms with E-state index in [4.69, 9.17) is 5.73 Å². The van der Waals surface area contributed by atoms with E-state index < -0.39 is 0 Å². The fourth-order valence-corrected chi connectivity index (χ4v) is 1.54. The molecule has 0 heterocycles. The first-order chi connectivity index (χ1) is 7.33. The summed E-state index contributed by atoms with van der Waals surface area (Å²) in [7, 11) is 0. The summed E-state index contributed by atoms with van der Waals surface area (Å²) in [4.78, 5) is 10.2. The highest BCUT2D eigenvalue weighted by atomic mass is 16.1. The van der Waals surface area contributed by atoms with Crippen molar-refractivity contribution in [3.8, 4) is 11.8 Å². The lowest BCUT2D eigenvalue weighted by Crippen LogP contribution is -1.88. The van der Waals surface area contributed by atoms with E-state index in [-0.39, 0.29) is 0 Å². The summed E-state index contributed by atoms with van der Waals surface area (Å²) >= 11 is 0. The number of hydrogen-bond acceptors (Lipinski definition) is 2. The Balaban J connectivity index is 2.77. The highest BCUT2D eigenvalue weighted by Gasteiger charge is 2.00. The van der Waals surface area contributed by atoms with Gasteiger partial charge in [0.05, 0.1) is 0 Å². The molecule has 0 radical (unpaired) electrons. The Morgan fingerprint density at radius 3 is 2.53 bits per heavy atom. The van der Waals surface area contributed by atoms with Crippen molar-refractivity contribution in [2.75, 3.05) is 5.73 Å². The third-order valence-electron chi connectivity index (χ3n) is 2.22. The van der Waals surface area contributed by atoms with Crippen LogP contribution in [0, 0.1) is 11.8 Å². The molecule has 0 saturated heterocycles. The molecule has 0 aliphatic rings. The molecule has 0 fully saturated rings. The molecule has 0 aliphatic heterocycles. The van der Waals surface area contributed by atoms with Crippen molar-refractivity contribution < 1.29 is 4.79 Å². The van der Waals surface area contributed by atoms with Crippen molar-refractivity contribution in [1.29, 1.82) is 0 Å². The molecule has 72 valence electrons. The maximum absolute atomic E-state index is 10.2. The van der Waals surface area contributed by atoms with Crippen LogP contribution in [0.25, 0.3) is 10.8 Å². The topological polar surface area (TPSA) is 43.1 Å². The molecule has 2 nitrogen and oxygen atoms in total. The number of hydrogen-bond donors (Lipinski definition) is 1. The van der Waals surface area contributed by atoms with Gasteiger partial charge in [-0.05, 0) is 23.4 Å². The Morgan fingerprint density at radius 1 is 1.07 bits per heavy atom. The van der Waals surface area contributed by atoms with E-state index in [1.807, 2.05) is 30.3 Å². The average molecular weight is 195 g/mol. The molecule has 2 aromatic rings. The van der Waals surface area contributed by atoms with E-state index in [0.29, 0.717) is 6.29 Å². The van der Waals surface area contributed by atoms with Crippen LogP contribution in [-0.4, -0.2) is 6.29 Å². The van der Waals surface area contributed by atoms with Gasteiger partial charge in [-0.15, -0.1) is 0 Å². The van der Waals surface area contributed by atoms with Gasteiger partial charge in [0.15, 0.2) is 6.29 Å². The van der Waals surface area contributed by atoms with Crippen LogP contribution in [0.1, 0.15) is 5.56 Å². The number of aldehydes is 1. The second-order valence-electron chi connectivity index (χ2n) is 3.14. The van der Waals surface area contributed by atoms with E-state index in [1.165, 1.54) is 0 Å². The van der Waals surface area contributed by atoms with Crippen LogP contribution in [0.2, 0.25) is 0 Å². The first-order valence-corrected chi connectivity index (χ1v) is 4.55. The lowest BCUT2D eigenvalue weighted by Gasteiger charge is -2.03. The number of rotatable bonds is 0. The summed E-state index contributed by atoms with van der Waals surface area (Å²) in [5, 5.41) is 1.95. The van der Waals surface area contributed by atoms with Gasteiger partial charge in [-0.25, -0.2) is 0 Å². The normalized spacial score (nSPS) is 9.33. The van der Waals surface area contributed by atoms with E-state index in [1.54, 1.807) is 6.07 Å². The summed E-state index contributed by atoms with van der Waals surface area (Å²) in [5.41, 5.74) is 7.39. The summed E-state index contributed by atoms with van der Waals surface area (Å²) in [6, 6.07) is 11.4. The van der Waals surface area contributed by atoms with Crippen LogP contribution in [0.4, 0.5) is 5.69 Å². The maximum atomic E-state index is 10.2. The van der Waals surface area contributed by atoms with Crippen molar-refractivity contribution in [3.05, 3.63) is 42.0 Å². The predicted octanol–water partition coefficient (Wildman–Crippen LogP) is 1.97. The molecule has 15 heavy (non-hydrogen) atoms. The van der Waals surface area contributed by atoms with Crippen LogP contribution in [0.5, 0.6) is 0 Å². The van der Waals surface area contributed by atoms with Gasteiger partial charge < -0.3 is 5.73 Å². The quantitative estimate of drug-likeness (QED) is 0.397. The third-order valence-corrected chi connectivity index (χ3v) is 2.22. The maximum Gasteiger partial charge on any atom is 0.193 e. The Bertz CT molecular complexity index is 576. The third kappa shape index (κ3) is 1.68. The Kier molecular flexibility index (Phi) is 2.38. The predicted molar refractivity (Wildman–Crippen MR) is 61.3 cm³/mol. The summed E-state index contributed by atoms with van der Waals surface area (Å²) < 4.78 is 0. The number of fused-ring (bicyclic) bond motifs is 1. The van der Waals surface area contributed by atoms with Gasteiger partial charge in [0.1, 0.15) is 0 Å². The highest BCUT2D eigenvalue weighted by molar-refractivity contribution is 5.97. The van der Waals surface area contributed by atoms with Gasteiger partial charge in [0.25, 0.3) is 0 Å². The molecule has 0 unspecified atom stereocenters. The number of nitrogens with two attached hydrogens (primary N) is 1. The minimum atomic E-state index is 0.588. The number of benzene rings is 2. The van der Waals surface area contributed by atoms with E-state index >= 15 is 0 Å². The van der Waals surface area contributed by atoms with Gasteiger partial charge in [-0.2, -0.15) is 0 Å². The monoisotopic (exact) mass is 195 g/mol. The van der Waals surface area contributed by atoms with Gasteiger partial charge in [-0.1, -0.05) is 30.2 Å². The first-order valence-electron chi connectivity index (χ1n) is 4.55. The zero-order valence-corrected chi connectivity index (χ0v) is 8.03. The molecule has 0 amide bonds. The van der Waals surface area contributed by atoms with Crippen molar-refractivity contribution in [3.63, 3.8) is 0 Å². The number of carbonyl (C=O) groups excluding carboxylic acids is 1. The SMILES string of the molecule is Nc1ccc(C#CC=O)c2ccccc12. The Morgan fingerprint density at radius 2 is 1.80 bits per heavy atom. The number of nitrogen functional groups attached to an aromatic ring is 1. The zero-order chi connectivity index (χ0) is 10.7. The van der Waals surface area contributed by atoms with Crippen molar-refractivity contribution in [2.45, 2.75) is 0 Å². The highest BCUT2D eigenvalue weighted by Crippen LogP contribution is 2.23. The fourth-order valence-electron chi connectivity index (χ4n) is 1.54. The zero-order valence-electron chi connectivity index (χ0n) is 8.03. The lowest BCUT2D eigenvalue weighted by atomic mass is 10.0. The average Bonchev–Trinajstić information content (AvgIpc) is 2.29. The van der Waals surface area contributed by atoms with Crippen molar-refractivity contribution >= 4 is 22.7 Å². The summed E-state index contributed by atoms with van der Waals surface area (Å²) in [6.45, 7) is 0. The minimum absolute atomic E-state index is 0.588. The van der Waals surface area contributed by atoms with Crippen LogP contribution >= 0.6 is 0 Å². The van der Waals surface area contributed by atoms with Crippen LogP contribution in [-0.2, 0) is 4.79 Å². The van der Waals surface area contributed by atoms with E-state index in [9.17, 15) is 4.79 Å². The second kappa shape index (κ2) is 3.85. The molecule has 0 spiro atoms. The molecule has 2 N–H and O–H groups in total. The van der Waals surface area contributed by atoms with Gasteiger partial charge >= 0.3 is 0 Å². The largest absolute Gasteiger partial charge is 0.398 e. The van der Waals surface area contributed by atoms with Crippen molar-refractivity contribution in [2.24, 2.45) is 0 Å². The van der Waals surface area contributed by atoms with E-state index in [2.05, 4.69) is 11.8 Å². The van der Waals surface area contributed by atoms with Gasteiger partial charge in [0.2, 0.25) is 0 Å².